The van der Waals surface area contributed by atoms with Gasteiger partial charge in [0.15, 0.2) is 0 Å². The van der Waals surface area contributed by atoms with Crippen LogP contribution in [0.3, 0.4) is 0 Å². The SMILES string of the molecule is CCC(C)(C)NC(=O)CN1CCC(NC)c2ccccc21. The van der Waals surface area contributed by atoms with Crippen molar-refractivity contribution in [2.75, 3.05) is 25.0 Å². The lowest BCUT2D eigenvalue weighted by Crippen LogP contribution is -2.48. The van der Waals surface area contributed by atoms with Gasteiger partial charge in [0.2, 0.25) is 5.91 Å². The summed E-state index contributed by atoms with van der Waals surface area (Å²) in [6.45, 7) is 7.55. The first-order valence-electron chi connectivity index (χ1n) is 7.79. The molecule has 1 aromatic rings. The van der Waals surface area contributed by atoms with E-state index in [0.29, 0.717) is 12.6 Å². The number of carbonyl (C=O) groups excluding carboxylic acids is 1. The summed E-state index contributed by atoms with van der Waals surface area (Å²) >= 11 is 0. The molecule has 2 rings (SSSR count). The number of fused-ring (bicyclic) bond motifs is 1. The summed E-state index contributed by atoms with van der Waals surface area (Å²) in [6, 6.07) is 8.74. The number of nitrogens with one attached hydrogen (secondary N) is 2. The fourth-order valence-electron chi connectivity index (χ4n) is 2.77. The van der Waals surface area contributed by atoms with Crippen LogP contribution in [0.15, 0.2) is 24.3 Å². The summed E-state index contributed by atoms with van der Waals surface area (Å²) in [5.41, 5.74) is 2.32. The van der Waals surface area contributed by atoms with Crippen LogP contribution in [0.5, 0.6) is 0 Å². The predicted octanol–water partition coefficient (Wildman–Crippen LogP) is 2.46. The molecule has 116 valence electrons. The Morgan fingerprint density at radius 1 is 1.38 bits per heavy atom. The van der Waals surface area contributed by atoms with Gasteiger partial charge in [-0.3, -0.25) is 4.79 Å². The number of benzene rings is 1. The predicted molar refractivity (Wildman–Crippen MR) is 87.6 cm³/mol. The minimum Gasteiger partial charge on any atom is -0.362 e. The molecular formula is C17H27N3O. The third-order valence-electron chi connectivity index (χ3n) is 4.39. The van der Waals surface area contributed by atoms with E-state index >= 15 is 0 Å². The summed E-state index contributed by atoms with van der Waals surface area (Å²) in [5.74, 6) is 0.0968. The molecule has 0 aromatic heterocycles. The van der Waals surface area contributed by atoms with Gasteiger partial charge in [0.05, 0.1) is 6.54 Å². The molecule has 0 saturated carbocycles. The highest BCUT2D eigenvalue weighted by Gasteiger charge is 2.26. The Kier molecular flexibility index (Phi) is 4.88. The molecule has 0 spiro atoms. The molecular weight excluding hydrogens is 262 g/mol. The van der Waals surface area contributed by atoms with Gasteiger partial charge < -0.3 is 15.5 Å². The number of amides is 1. The zero-order valence-electron chi connectivity index (χ0n) is 13.6. The second kappa shape index (κ2) is 6.48. The van der Waals surface area contributed by atoms with Crippen LogP contribution < -0.4 is 15.5 Å². The molecule has 0 radical (unpaired) electrons. The standard InChI is InChI=1S/C17H27N3O/c1-5-17(2,3)19-16(21)12-20-11-10-14(18-4)13-8-6-7-9-15(13)20/h6-9,14,18H,5,10-12H2,1-4H3,(H,19,21). The van der Waals surface area contributed by atoms with Crippen molar-refractivity contribution in [3.05, 3.63) is 29.8 Å². The van der Waals surface area contributed by atoms with Gasteiger partial charge in [-0.2, -0.15) is 0 Å². The summed E-state index contributed by atoms with van der Waals surface area (Å²) in [4.78, 5) is 14.5. The molecule has 2 N–H and O–H groups in total. The van der Waals surface area contributed by atoms with E-state index in [1.807, 2.05) is 13.1 Å². The highest BCUT2D eigenvalue weighted by molar-refractivity contribution is 5.82. The second-order valence-electron chi connectivity index (χ2n) is 6.40. The molecule has 1 heterocycles. The van der Waals surface area contributed by atoms with Gasteiger partial charge in [-0.25, -0.2) is 0 Å². The Morgan fingerprint density at radius 3 is 2.76 bits per heavy atom. The number of hydrogen-bond donors (Lipinski definition) is 2. The number of hydrogen-bond acceptors (Lipinski definition) is 3. The molecule has 0 fully saturated rings. The maximum absolute atomic E-state index is 12.3. The fourth-order valence-corrected chi connectivity index (χ4v) is 2.77. The quantitative estimate of drug-likeness (QED) is 0.875. The molecule has 0 bridgehead atoms. The summed E-state index contributed by atoms with van der Waals surface area (Å²) in [6.07, 6.45) is 1.95. The lowest BCUT2D eigenvalue weighted by atomic mass is 9.96. The van der Waals surface area contributed by atoms with Crippen molar-refractivity contribution < 1.29 is 4.79 Å². The number of anilines is 1. The Morgan fingerprint density at radius 2 is 2.10 bits per heavy atom. The first kappa shape index (κ1) is 15.8. The van der Waals surface area contributed by atoms with E-state index in [0.717, 1.165) is 19.4 Å². The highest BCUT2D eigenvalue weighted by atomic mass is 16.2. The zero-order chi connectivity index (χ0) is 15.5. The average molecular weight is 289 g/mol. The molecule has 0 saturated heterocycles. The normalized spacial score (nSPS) is 18.3. The van der Waals surface area contributed by atoms with E-state index in [9.17, 15) is 4.79 Å². The van der Waals surface area contributed by atoms with Gasteiger partial charge in [0, 0.05) is 23.8 Å². The number of rotatable bonds is 5. The average Bonchev–Trinajstić information content (AvgIpc) is 2.47. The van der Waals surface area contributed by atoms with Crippen molar-refractivity contribution >= 4 is 11.6 Å². The van der Waals surface area contributed by atoms with E-state index in [1.54, 1.807) is 0 Å². The van der Waals surface area contributed by atoms with Gasteiger partial charge >= 0.3 is 0 Å². The molecule has 21 heavy (non-hydrogen) atoms. The van der Waals surface area contributed by atoms with Gasteiger partial charge in [0.1, 0.15) is 0 Å². The van der Waals surface area contributed by atoms with Gasteiger partial charge in [-0.1, -0.05) is 25.1 Å². The second-order valence-corrected chi connectivity index (χ2v) is 6.40. The van der Waals surface area contributed by atoms with Crippen LogP contribution in [-0.2, 0) is 4.79 Å². The van der Waals surface area contributed by atoms with Crippen LogP contribution in [-0.4, -0.2) is 31.6 Å². The third kappa shape index (κ3) is 3.76. The minimum absolute atomic E-state index is 0.0968. The van der Waals surface area contributed by atoms with E-state index in [4.69, 9.17) is 0 Å². The van der Waals surface area contributed by atoms with Gasteiger partial charge in [-0.05, 0) is 45.4 Å². The third-order valence-corrected chi connectivity index (χ3v) is 4.39. The lowest BCUT2D eigenvalue weighted by Gasteiger charge is -2.36. The zero-order valence-corrected chi connectivity index (χ0v) is 13.6. The van der Waals surface area contributed by atoms with Crippen molar-refractivity contribution in [2.45, 2.75) is 45.2 Å². The summed E-state index contributed by atoms with van der Waals surface area (Å²) in [7, 11) is 1.99. The number of para-hydroxylation sites is 1. The molecule has 4 heteroatoms. The van der Waals surface area contributed by atoms with E-state index in [-0.39, 0.29) is 11.4 Å². The Balaban J connectivity index is 2.10. The van der Waals surface area contributed by atoms with Crippen LogP contribution in [0.4, 0.5) is 5.69 Å². The summed E-state index contributed by atoms with van der Waals surface area (Å²) < 4.78 is 0. The minimum atomic E-state index is -0.139. The Labute approximate surface area is 127 Å². The Bertz CT molecular complexity index is 499. The number of nitrogens with zero attached hydrogens (tertiary/aromatic N) is 1. The molecule has 1 amide bonds. The maximum Gasteiger partial charge on any atom is 0.239 e. The van der Waals surface area contributed by atoms with E-state index in [1.165, 1.54) is 11.3 Å². The van der Waals surface area contributed by atoms with Crippen molar-refractivity contribution in [1.82, 2.24) is 10.6 Å². The van der Waals surface area contributed by atoms with Crippen molar-refractivity contribution in [2.24, 2.45) is 0 Å². The Hall–Kier alpha value is -1.55. The molecule has 1 atom stereocenters. The van der Waals surface area contributed by atoms with E-state index in [2.05, 4.69) is 54.5 Å². The van der Waals surface area contributed by atoms with Crippen LogP contribution >= 0.6 is 0 Å². The fraction of sp³-hybridized carbons (Fsp3) is 0.588. The molecule has 4 nitrogen and oxygen atoms in total. The number of carbonyl (C=O) groups is 1. The van der Waals surface area contributed by atoms with Crippen LogP contribution in [0.1, 0.15) is 45.2 Å². The smallest absolute Gasteiger partial charge is 0.239 e. The highest BCUT2D eigenvalue weighted by Crippen LogP contribution is 2.33. The topological polar surface area (TPSA) is 44.4 Å². The molecule has 1 aliphatic heterocycles. The van der Waals surface area contributed by atoms with Crippen LogP contribution in [0, 0.1) is 0 Å². The molecule has 1 unspecified atom stereocenters. The largest absolute Gasteiger partial charge is 0.362 e. The lowest BCUT2D eigenvalue weighted by molar-refractivity contribution is -0.121. The van der Waals surface area contributed by atoms with Crippen molar-refractivity contribution in [3.63, 3.8) is 0 Å². The maximum atomic E-state index is 12.3. The van der Waals surface area contributed by atoms with Crippen LogP contribution in [0.2, 0.25) is 0 Å². The first-order chi connectivity index (χ1) is 9.96. The monoisotopic (exact) mass is 289 g/mol. The van der Waals surface area contributed by atoms with Crippen molar-refractivity contribution in [1.29, 1.82) is 0 Å². The van der Waals surface area contributed by atoms with E-state index < -0.39 is 0 Å². The van der Waals surface area contributed by atoms with Crippen molar-refractivity contribution in [3.8, 4) is 0 Å². The molecule has 1 aliphatic rings. The van der Waals surface area contributed by atoms with Gasteiger partial charge in [0.25, 0.3) is 0 Å². The molecule has 1 aromatic carbocycles. The summed E-state index contributed by atoms with van der Waals surface area (Å²) in [5, 5.41) is 6.47. The molecule has 0 aliphatic carbocycles. The van der Waals surface area contributed by atoms with Gasteiger partial charge in [-0.15, -0.1) is 0 Å². The first-order valence-corrected chi connectivity index (χ1v) is 7.79. The van der Waals surface area contributed by atoms with Crippen LogP contribution in [0.25, 0.3) is 0 Å².